The van der Waals surface area contributed by atoms with Gasteiger partial charge in [0.15, 0.2) is 11.5 Å². The summed E-state index contributed by atoms with van der Waals surface area (Å²) < 4.78 is 13.7. The number of fused-ring (bicyclic) bond motifs is 1. The maximum atomic E-state index is 11.9. The zero-order valence-electron chi connectivity index (χ0n) is 19.4. The first-order valence-corrected chi connectivity index (χ1v) is 11.3. The number of nitrogens with one attached hydrogen (secondary N) is 1. The lowest BCUT2D eigenvalue weighted by Crippen LogP contribution is -2.28. The smallest absolute Gasteiger partial charge is 0.220 e. The molecule has 1 heterocycles. The Bertz CT molecular complexity index is 1070. The number of hydrogen-bond acceptors (Lipinski definition) is 4. The van der Waals surface area contributed by atoms with E-state index in [9.17, 15) is 4.79 Å². The fourth-order valence-electron chi connectivity index (χ4n) is 3.72. The van der Waals surface area contributed by atoms with Gasteiger partial charge < -0.3 is 19.4 Å². The quantitative estimate of drug-likeness (QED) is 0.403. The van der Waals surface area contributed by atoms with Gasteiger partial charge in [-0.1, -0.05) is 37.3 Å². The Balaban J connectivity index is 1.63. The maximum absolute atomic E-state index is 11.9. The minimum absolute atomic E-state index is 0.0268. The number of unbranched alkanes of at least 4 members (excludes halogenated alkanes) is 1. The van der Waals surface area contributed by atoms with Crippen molar-refractivity contribution in [1.29, 1.82) is 0 Å². The number of aromatic nitrogens is 2. The van der Waals surface area contributed by atoms with Crippen LogP contribution in [0.4, 0.5) is 0 Å². The summed E-state index contributed by atoms with van der Waals surface area (Å²) in [5, 5.41) is 3.03. The zero-order valence-corrected chi connectivity index (χ0v) is 19.4. The van der Waals surface area contributed by atoms with Crippen molar-refractivity contribution in [1.82, 2.24) is 14.9 Å². The molecule has 1 unspecified atom stereocenters. The maximum Gasteiger partial charge on any atom is 0.220 e. The molecule has 3 aromatic rings. The summed E-state index contributed by atoms with van der Waals surface area (Å²) in [7, 11) is 1.66. The lowest BCUT2D eigenvalue weighted by Gasteiger charge is -2.16. The molecule has 0 aliphatic carbocycles. The van der Waals surface area contributed by atoms with Crippen LogP contribution < -0.4 is 14.8 Å². The monoisotopic (exact) mass is 435 g/mol. The van der Waals surface area contributed by atoms with E-state index in [2.05, 4.69) is 16.0 Å². The number of ether oxygens (including phenoxy) is 2. The number of para-hydroxylation sites is 2. The molecule has 0 saturated carbocycles. The van der Waals surface area contributed by atoms with Gasteiger partial charge >= 0.3 is 0 Å². The van der Waals surface area contributed by atoms with Crippen LogP contribution in [0.2, 0.25) is 0 Å². The summed E-state index contributed by atoms with van der Waals surface area (Å²) in [5.41, 5.74) is 3.12. The lowest BCUT2D eigenvalue weighted by atomic mass is 10.2. The van der Waals surface area contributed by atoms with Crippen LogP contribution in [0, 0.1) is 0 Å². The number of aryl methyl sites for hydroxylation is 1. The second kappa shape index (κ2) is 11.4. The van der Waals surface area contributed by atoms with Crippen LogP contribution in [-0.4, -0.2) is 29.2 Å². The van der Waals surface area contributed by atoms with E-state index in [-0.39, 0.29) is 11.9 Å². The van der Waals surface area contributed by atoms with Crippen LogP contribution in [0.15, 0.2) is 48.5 Å². The largest absolute Gasteiger partial charge is 0.493 e. The lowest BCUT2D eigenvalue weighted by molar-refractivity contribution is -0.121. The van der Waals surface area contributed by atoms with Gasteiger partial charge in [-0.15, -0.1) is 0 Å². The van der Waals surface area contributed by atoms with Gasteiger partial charge in [-0.25, -0.2) is 4.98 Å². The molecule has 170 valence electrons. The molecule has 0 radical (unpaired) electrons. The molecular formula is C26H33N3O3. The summed E-state index contributed by atoms with van der Waals surface area (Å²) in [6.07, 6.45) is 6.31. The number of amides is 1. The first-order chi connectivity index (χ1) is 15.6. The highest BCUT2D eigenvalue weighted by Crippen LogP contribution is 2.29. The number of rotatable bonds is 11. The van der Waals surface area contributed by atoms with Crippen LogP contribution in [0.1, 0.15) is 57.5 Å². The van der Waals surface area contributed by atoms with Gasteiger partial charge in [-0.3, -0.25) is 4.79 Å². The normalized spacial score (nSPS) is 12.2. The second-order valence-corrected chi connectivity index (χ2v) is 7.72. The number of carbonyl (C=O) groups is 1. The molecule has 6 nitrogen and oxygen atoms in total. The van der Waals surface area contributed by atoms with Crippen LogP contribution in [0.3, 0.4) is 0 Å². The van der Waals surface area contributed by atoms with Gasteiger partial charge in [0.25, 0.3) is 0 Å². The van der Waals surface area contributed by atoms with Gasteiger partial charge in [-0.2, -0.15) is 0 Å². The molecule has 0 saturated heterocycles. The average Bonchev–Trinajstić information content (AvgIpc) is 3.18. The third-order valence-electron chi connectivity index (χ3n) is 5.35. The minimum atomic E-state index is -0.147. The summed E-state index contributed by atoms with van der Waals surface area (Å²) in [6.45, 7) is 7.24. The van der Waals surface area contributed by atoms with Crippen molar-refractivity contribution in [2.24, 2.45) is 0 Å². The molecule has 3 rings (SSSR count). The summed E-state index contributed by atoms with van der Waals surface area (Å²) in [6, 6.07) is 13.9. The third-order valence-corrected chi connectivity index (χ3v) is 5.35. The van der Waals surface area contributed by atoms with Gasteiger partial charge in [0, 0.05) is 13.0 Å². The number of imidazole rings is 1. The average molecular weight is 436 g/mol. The number of allylic oxidation sites excluding steroid dienone is 1. The highest BCUT2D eigenvalue weighted by atomic mass is 16.5. The van der Waals surface area contributed by atoms with Gasteiger partial charge in [0.05, 0.1) is 30.8 Å². The van der Waals surface area contributed by atoms with Crippen LogP contribution in [-0.2, 0) is 11.3 Å². The number of methoxy groups -OCH3 is 1. The molecule has 1 N–H and O–H groups in total. The van der Waals surface area contributed by atoms with Crippen LogP contribution in [0.5, 0.6) is 11.5 Å². The van der Waals surface area contributed by atoms with E-state index < -0.39 is 0 Å². The zero-order chi connectivity index (χ0) is 22.9. The number of carbonyl (C=O) groups excluding carboxylic acids is 1. The first-order valence-electron chi connectivity index (χ1n) is 11.3. The Kier molecular flexibility index (Phi) is 8.31. The molecule has 0 aliphatic heterocycles. The van der Waals surface area contributed by atoms with E-state index in [0.29, 0.717) is 13.0 Å². The number of benzene rings is 2. The van der Waals surface area contributed by atoms with E-state index in [4.69, 9.17) is 14.5 Å². The fraction of sp³-hybridized carbons (Fsp3) is 0.385. The van der Waals surface area contributed by atoms with Crippen molar-refractivity contribution in [3.63, 3.8) is 0 Å². The Morgan fingerprint density at radius 2 is 2.00 bits per heavy atom. The van der Waals surface area contributed by atoms with Crippen molar-refractivity contribution in [2.75, 3.05) is 13.7 Å². The topological polar surface area (TPSA) is 65.4 Å². The molecule has 2 aromatic carbocycles. The molecule has 1 atom stereocenters. The molecule has 6 heteroatoms. The third kappa shape index (κ3) is 5.69. The molecule has 32 heavy (non-hydrogen) atoms. The van der Waals surface area contributed by atoms with Crippen molar-refractivity contribution < 1.29 is 14.3 Å². The van der Waals surface area contributed by atoms with Crippen molar-refractivity contribution in [2.45, 2.75) is 52.6 Å². The molecule has 0 spiro atoms. The summed E-state index contributed by atoms with van der Waals surface area (Å²) in [4.78, 5) is 16.7. The standard InChI is InChI=1S/C26H33N3O3/c1-5-11-20-14-15-23(24(18-20)31-4)32-17-10-9-16-29-22-13-8-7-12-21(22)28-26(29)19(3)27-25(30)6-2/h5,7-8,11-15,18-19H,6,9-10,16-17H2,1-4H3,(H,27,30)/b11-5+. The Morgan fingerprint density at radius 1 is 1.19 bits per heavy atom. The molecule has 0 fully saturated rings. The number of hydrogen-bond donors (Lipinski definition) is 1. The van der Waals surface area contributed by atoms with E-state index in [1.54, 1.807) is 7.11 Å². The molecule has 0 aliphatic rings. The molecule has 1 amide bonds. The minimum Gasteiger partial charge on any atom is -0.493 e. The Hall–Kier alpha value is -3.28. The molecule has 1 aromatic heterocycles. The first kappa shape index (κ1) is 23.4. The summed E-state index contributed by atoms with van der Waals surface area (Å²) in [5.74, 6) is 2.41. The van der Waals surface area contributed by atoms with Gasteiger partial charge in [-0.05, 0) is 56.5 Å². The Labute approximate surface area is 190 Å². The summed E-state index contributed by atoms with van der Waals surface area (Å²) >= 11 is 0. The van der Waals surface area contributed by atoms with E-state index in [1.807, 2.05) is 69.3 Å². The second-order valence-electron chi connectivity index (χ2n) is 7.72. The highest BCUT2D eigenvalue weighted by Gasteiger charge is 2.17. The van der Waals surface area contributed by atoms with Crippen LogP contribution in [0.25, 0.3) is 17.1 Å². The SMILES string of the molecule is C/C=C/c1ccc(OCCCCn2c(C(C)NC(=O)CC)nc3ccccc32)c(OC)c1. The highest BCUT2D eigenvalue weighted by molar-refractivity contribution is 5.77. The number of nitrogens with zero attached hydrogens (tertiary/aromatic N) is 2. The van der Waals surface area contributed by atoms with Crippen molar-refractivity contribution in [3.05, 3.63) is 59.9 Å². The Morgan fingerprint density at radius 3 is 2.75 bits per heavy atom. The van der Waals surface area contributed by atoms with Crippen LogP contribution >= 0.6 is 0 Å². The van der Waals surface area contributed by atoms with E-state index >= 15 is 0 Å². The van der Waals surface area contributed by atoms with Crippen molar-refractivity contribution in [3.8, 4) is 11.5 Å². The fourth-order valence-corrected chi connectivity index (χ4v) is 3.72. The molecule has 0 bridgehead atoms. The van der Waals surface area contributed by atoms with Gasteiger partial charge in [0.1, 0.15) is 5.82 Å². The van der Waals surface area contributed by atoms with Gasteiger partial charge in [0.2, 0.25) is 5.91 Å². The van der Waals surface area contributed by atoms with E-state index in [0.717, 1.165) is 53.3 Å². The molecular weight excluding hydrogens is 402 g/mol. The van der Waals surface area contributed by atoms with E-state index in [1.165, 1.54) is 0 Å². The van der Waals surface area contributed by atoms with Crippen molar-refractivity contribution >= 4 is 23.0 Å². The predicted octanol–water partition coefficient (Wildman–Crippen LogP) is 5.52. The predicted molar refractivity (Wildman–Crippen MR) is 129 cm³/mol.